The maximum Gasteiger partial charge on any atom is 0.339 e. The number of halogens is 1. The van der Waals surface area contributed by atoms with Gasteiger partial charge in [0.2, 0.25) is 0 Å². The molecule has 1 N–H and O–H groups in total. The first-order chi connectivity index (χ1) is 14.2. The Morgan fingerprint density at radius 1 is 1.17 bits per heavy atom. The van der Waals surface area contributed by atoms with Crippen LogP contribution < -0.4 is 10.2 Å². The third-order valence-corrected chi connectivity index (χ3v) is 5.53. The first-order valence-electron chi connectivity index (χ1n) is 10.1. The van der Waals surface area contributed by atoms with Crippen LogP contribution in [0.25, 0.3) is 0 Å². The Morgan fingerprint density at radius 2 is 1.87 bits per heavy atom. The monoisotopic (exact) mass is 412 g/mol. The number of nitrogens with one attached hydrogen (secondary N) is 1. The summed E-state index contributed by atoms with van der Waals surface area (Å²) in [5.41, 5.74) is 0.636. The normalized spacial score (nSPS) is 26.0. The second kappa shape index (κ2) is 7.72. The molecule has 2 heterocycles. The zero-order chi connectivity index (χ0) is 21.5. The first kappa shape index (κ1) is 20.3. The Kier molecular flexibility index (Phi) is 5.24. The highest BCUT2D eigenvalue weighted by molar-refractivity contribution is 6.02. The van der Waals surface area contributed by atoms with Gasteiger partial charge in [0, 0.05) is 25.2 Å². The highest BCUT2D eigenvalue weighted by atomic mass is 19.1. The van der Waals surface area contributed by atoms with Gasteiger partial charge >= 0.3 is 5.97 Å². The molecule has 2 aliphatic rings. The lowest BCUT2D eigenvalue weighted by Gasteiger charge is -2.37. The number of hydrogen-bond acceptors (Lipinski definition) is 5. The van der Waals surface area contributed by atoms with Crippen molar-refractivity contribution in [2.45, 2.75) is 45.0 Å². The molecule has 0 bridgehead atoms. The highest BCUT2D eigenvalue weighted by Gasteiger charge is 2.42. The number of carbonyl (C=O) groups excluding carboxylic acids is 2. The van der Waals surface area contributed by atoms with Crippen LogP contribution in [0.15, 0.2) is 42.5 Å². The zero-order valence-electron chi connectivity index (χ0n) is 17.3. The van der Waals surface area contributed by atoms with E-state index in [1.165, 1.54) is 6.07 Å². The summed E-state index contributed by atoms with van der Waals surface area (Å²) in [7, 11) is 0. The summed E-state index contributed by atoms with van der Waals surface area (Å²) >= 11 is 0. The van der Waals surface area contributed by atoms with E-state index in [1.807, 2.05) is 24.8 Å². The number of rotatable bonds is 3. The number of fused-ring (bicyclic) bond motifs is 1. The van der Waals surface area contributed by atoms with E-state index in [0.717, 1.165) is 5.56 Å². The van der Waals surface area contributed by atoms with Crippen molar-refractivity contribution in [3.05, 3.63) is 59.4 Å². The molecule has 1 saturated heterocycles. The summed E-state index contributed by atoms with van der Waals surface area (Å²) in [4.78, 5) is 27.1. The molecule has 30 heavy (non-hydrogen) atoms. The Hall–Kier alpha value is -2.93. The third-order valence-electron chi connectivity index (χ3n) is 5.53. The van der Waals surface area contributed by atoms with Gasteiger partial charge in [-0.15, -0.1) is 0 Å². The summed E-state index contributed by atoms with van der Waals surface area (Å²) in [6.45, 7) is 6.68. The van der Waals surface area contributed by atoms with Crippen molar-refractivity contribution in [3.63, 3.8) is 0 Å². The van der Waals surface area contributed by atoms with E-state index in [4.69, 9.17) is 9.47 Å². The number of amides is 1. The summed E-state index contributed by atoms with van der Waals surface area (Å²) in [5.74, 6) is -1.46. The van der Waals surface area contributed by atoms with Gasteiger partial charge in [0.15, 0.2) is 5.60 Å². The van der Waals surface area contributed by atoms with Crippen LogP contribution >= 0.6 is 0 Å². The average Bonchev–Trinajstić information content (AvgIpc) is 2.67. The van der Waals surface area contributed by atoms with E-state index in [0.29, 0.717) is 30.0 Å². The van der Waals surface area contributed by atoms with Gasteiger partial charge in [-0.1, -0.05) is 18.2 Å². The number of benzene rings is 2. The molecule has 0 aromatic heterocycles. The maximum atomic E-state index is 14.8. The maximum absolute atomic E-state index is 14.8. The van der Waals surface area contributed by atoms with Gasteiger partial charge in [0.25, 0.3) is 5.91 Å². The van der Waals surface area contributed by atoms with Crippen LogP contribution in [0.3, 0.4) is 0 Å². The molecule has 0 spiro atoms. The van der Waals surface area contributed by atoms with Crippen molar-refractivity contribution in [1.29, 1.82) is 0 Å². The van der Waals surface area contributed by atoms with Gasteiger partial charge < -0.3 is 19.7 Å². The molecule has 3 unspecified atom stereocenters. The Labute approximate surface area is 175 Å². The van der Waals surface area contributed by atoms with Crippen molar-refractivity contribution in [3.8, 4) is 0 Å². The number of cyclic esters (lactones) is 1. The lowest BCUT2D eigenvalue weighted by molar-refractivity contribution is -0.134. The van der Waals surface area contributed by atoms with E-state index in [1.54, 1.807) is 37.3 Å². The van der Waals surface area contributed by atoms with Crippen LogP contribution in [0.4, 0.5) is 15.8 Å². The molecule has 7 heteroatoms. The highest BCUT2D eigenvalue weighted by Crippen LogP contribution is 2.30. The minimum atomic E-state index is -1.37. The van der Waals surface area contributed by atoms with E-state index in [2.05, 4.69) is 5.32 Å². The second-order valence-corrected chi connectivity index (χ2v) is 8.24. The van der Waals surface area contributed by atoms with E-state index in [9.17, 15) is 14.0 Å². The van der Waals surface area contributed by atoms with Crippen molar-refractivity contribution in [2.75, 3.05) is 23.3 Å². The van der Waals surface area contributed by atoms with Crippen LogP contribution in [0.2, 0.25) is 0 Å². The first-order valence-corrected chi connectivity index (χ1v) is 10.1. The standard InChI is InChI=1S/C23H25FN2O4/c1-14-12-26(13-15(2)29-14)20-9-8-17(10-19(20)24)25-22(28)23(3)11-16-6-4-5-7-18(16)21(27)30-23/h4-10,14-15H,11-13H2,1-3H3,(H,25,28). The SMILES string of the molecule is CC1CN(c2ccc(NC(=O)C3(C)Cc4ccccc4C(=O)O3)cc2F)CC(C)O1. The molecule has 6 nitrogen and oxygen atoms in total. The lowest BCUT2D eigenvalue weighted by atomic mass is 9.89. The fourth-order valence-electron chi connectivity index (χ4n) is 4.14. The summed E-state index contributed by atoms with van der Waals surface area (Å²) in [6.07, 6.45) is 0.276. The van der Waals surface area contributed by atoms with Crippen molar-refractivity contribution >= 4 is 23.3 Å². The van der Waals surface area contributed by atoms with E-state index < -0.39 is 23.3 Å². The minimum Gasteiger partial charge on any atom is -0.445 e. The van der Waals surface area contributed by atoms with Crippen LogP contribution in [0.5, 0.6) is 0 Å². The summed E-state index contributed by atoms with van der Waals surface area (Å²) in [6, 6.07) is 11.7. The predicted molar refractivity (Wildman–Crippen MR) is 111 cm³/mol. The molecule has 158 valence electrons. The molecule has 3 atom stereocenters. The smallest absolute Gasteiger partial charge is 0.339 e. The number of anilines is 2. The fourth-order valence-corrected chi connectivity index (χ4v) is 4.14. The molecule has 2 aromatic rings. The number of hydrogen-bond donors (Lipinski definition) is 1. The van der Waals surface area contributed by atoms with Crippen LogP contribution in [0.1, 0.15) is 36.7 Å². The molecule has 0 saturated carbocycles. The number of nitrogens with zero attached hydrogens (tertiary/aromatic N) is 1. The topological polar surface area (TPSA) is 67.9 Å². The Morgan fingerprint density at radius 3 is 2.57 bits per heavy atom. The van der Waals surface area contributed by atoms with Crippen LogP contribution in [-0.4, -0.2) is 42.8 Å². The van der Waals surface area contributed by atoms with Crippen LogP contribution in [0, 0.1) is 5.82 Å². The quantitative estimate of drug-likeness (QED) is 0.781. The predicted octanol–water partition coefficient (Wildman–Crippen LogP) is 3.55. The molecular weight excluding hydrogens is 387 g/mol. The molecule has 4 rings (SSSR count). The summed E-state index contributed by atoms with van der Waals surface area (Å²) < 4.78 is 26.0. The molecule has 2 aromatic carbocycles. The van der Waals surface area contributed by atoms with Crippen molar-refractivity contribution in [1.82, 2.24) is 0 Å². The number of esters is 1. The Balaban J connectivity index is 1.50. The van der Waals surface area contributed by atoms with Crippen molar-refractivity contribution < 1.29 is 23.5 Å². The zero-order valence-corrected chi connectivity index (χ0v) is 17.3. The molecule has 0 radical (unpaired) electrons. The summed E-state index contributed by atoms with van der Waals surface area (Å²) in [5, 5.41) is 2.69. The van der Waals surface area contributed by atoms with Gasteiger partial charge in [0.05, 0.1) is 23.5 Å². The molecule has 2 aliphatic heterocycles. The van der Waals surface area contributed by atoms with Crippen molar-refractivity contribution in [2.24, 2.45) is 0 Å². The van der Waals surface area contributed by atoms with Gasteiger partial charge in [-0.25, -0.2) is 9.18 Å². The third kappa shape index (κ3) is 3.89. The van der Waals surface area contributed by atoms with Crippen LogP contribution in [-0.2, 0) is 20.7 Å². The minimum absolute atomic E-state index is 0.0105. The molecular formula is C23H25FN2O4. The Bertz CT molecular complexity index is 985. The van der Waals surface area contributed by atoms with E-state index in [-0.39, 0.29) is 18.6 Å². The number of ether oxygens (including phenoxy) is 2. The largest absolute Gasteiger partial charge is 0.445 e. The fraction of sp³-hybridized carbons (Fsp3) is 0.391. The molecule has 0 aliphatic carbocycles. The van der Waals surface area contributed by atoms with Gasteiger partial charge in [0.1, 0.15) is 5.82 Å². The van der Waals surface area contributed by atoms with Gasteiger partial charge in [-0.05, 0) is 50.6 Å². The number of morpholine rings is 1. The van der Waals surface area contributed by atoms with E-state index >= 15 is 0 Å². The average molecular weight is 412 g/mol. The van der Waals surface area contributed by atoms with Gasteiger partial charge in [-0.2, -0.15) is 0 Å². The van der Waals surface area contributed by atoms with Gasteiger partial charge in [-0.3, -0.25) is 4.79 Å². The second-order valence-electron chi connectivity index (χ2n) is 8.24. The molecule has 1 amide bonds. The number of carbonyl (C=O) groups is 2. The molecule has 1 fully saturated rings. The lowest BCUT2D eigenvalue weighted by Crippen LogP contribution is -2.49.